The van der Waals surface area contributed by atoms with Crippen LogP contribution in [0.2, 0.25) is 0 Å². The van der Waals surface area contributed by atoms with Gasteiger partial charge in [0.15, 0.2) is 0 Å². The molecule has 0 aliphatic rings. The zero-order chi connectivity index (χ0) is 14.7. The summed E-state index contributed by atoms with van der Waals surface area (Å²) in [7, 11) is 0. The number of hydrogen-bond donors (Lipinski definition) is 0. The normalized spacial score (nSPS) is 14.7. The maximum Gasteiger partial charge on any atom is 0.127 e. The maximum atomic E-state index is 6.32. The Labute approximate surface area is 138 Å². The minimum absolute atomic E-state index is 0.0811. The van der Waals surface area contributed by atoms with Gasteiger partial charge in [-0.3, -0.25) is 0 Å². The second kappa shape index (κ2) is 7.19. The van der Waals surface area contributed by atoms with Gasteiger partial charge in [-0.15, -0.1) is 11.6 Å². The van der Waals surface area contributed by atoms with Crippen molar-refractivity contribution in [2.75, 3.05) is 11.5 Å². The maximum absolute atomic E-state index is 6.32. The first kappa shape index (κ1) is 16.2. The van der Waals surface area contributed by atoms with E-state index in [9.17, 15) is 0 Å². The Balaban J connectivity index is 2.40. The van der Waals surface area contributed by atoms with E-state index in [-0.39, 0.29) is 5.38 Å². The Bertz CT molecular complexity index is 583. The highest BCUT2D eigenvalue weighted by atomic mass is 79.9. The lowest BCUT2D eigenvalue weighted by atomic mass is 10.2. The predicted molar refractivity (Wildman–Crippen MR) is 94.0 cm³/mol. The lowest BCUT2D eigenvalue weighted by Gasteiger charge is -2.18. The Kier molecular flexibility index (Phi) is 5.82. The number of hydrogen-bond acceptors (Lipinski definition) is 2. The van der Waals surface area contributed by atoms with Crippen LogP contribution in [0.5, 0.6) is 0 Å². The molecular weight excluding hydrogens is 356 g/mol. The molecule has 1 heterocycles. The first-order valence-corrected chi connectivity index (χ1v) is 9.32. The van der Waals surface area contributed by atoms with Crippen LogP contribution in [0, 0.1) is 0 Å². The SMILES string of the molecule is CCSCCC(C)n1c(C(C)Cl)nc2cc(Br)ccc21. The predicted octanol–water partition coefficient (Wildman–Crippen LogP) is 5.80. The van der Waals surface area contributed by atoms with Crippen LogP contribution in [0.1, 0.15) is 44.4 Å². The Morgan fingerprint density at radius 3 is 2.80 bits per heavy atom. The summed E-state index contributed by atoms with van der Waals surface area (Å²) in [5, 5.41) is -0.0811. The third-order valence-corrected chi connectivity index (χ3v) is 4.98. The van der Waals surface area contributed by atoms with Crippen molar-refractivity contribution in [3.05, 3.63) is 28.5 Å². The molecule has 110 valence electrons. The molecule has 0 saturated carbocycles. The lowest BCUT2D eigenvalue weighted by molar-refractivity contribution is 0.525. The molecule has 1 aromatic heterocycles. The van der Waals surface area contributed by atoms with Crippen molar-refractivity contribution in [1.29, 1.82) is 0 Å². The number of halogens is 2. The van der Waals surface area contributed by atoms with Crippen LogP contribution in [0.25, 0.3) is 11.0 Å². The largest absolute Gasteiger partial charge is 0.324 e. The molecule has 0 radical (unpaired) electrons. The fourth-order valence-electron chi connectivity index (χ4n) is 2.36. The van der Waals surface area contributed by atoms with E-state index in [0.29, 0.717) is 6.04 Å². The minimum atomic E-state index is -0.0811. The van der Waals surface area contributed by atoms with Crippen LogP contribution in [-0.4, -0.2) is 21.1 Å². The Hall–Kier alpha value is -0.190. The second-order valence-electron chi connectivity index (χ2n) is 4.92. The van der Waals surface area contributed by atoms with Gasteiger partial charge in [0.05, 0.1) is 16.4 Å². The molecule has 2 unspecified atom stereocenters. The van der Waals surface area contributed by atoms with Crippen LogP contribution in [0.3, 0.4) is 0 Å². The zero-order valence-electron chi connectivity index (χ0n) is 12.1. The Morgan fingerprint density at radius 1 is 1.40 bits per heavy atom. The van der Waals surface area contributed by atoms with Crippen molar-refractivity contribution in [2.45, 2.75) is 38.6 Å². The zero-order valence-corrected chi connectivity index (χ0v) is 15.2. The molecule has 0 spiro atoms. The molecule has 1 aromatic carbocycles. The Morgan fingerprint density at radius 2 is 2.15 bits per heavy atom. The van der Waals surface area contributed by atoms with Crippen LogP contribution in [0.15, 0.2) is 22.7 Å². The number of nitrogens with zero attached hydrogens (tertiary/aromatic N) is 2. The molecule has 20 heavy (non-hydrogen) atoms. The molecule has 2 aromatic rings. The number of rotatable bonds is 6. The number of thioether (sulfide) groups is 1. The van der Waals surface area contributed by atoms with Crippen LogP contribution < -0.4 is 0 Å². The van der Waals surface area contributed by atoms with Gasteiger partial charge in [0.25, 0.3) is 0 Å². The molecule has 0 aliphatic heterocycles. The fourth-order valence-corrected chi connectivity index (χ4v) is 3.66. The standard InChI is InChI=1S/C15H20BrClN2S/c1-4-20-8-7-10(2)19-14-6-5-12(16)9-13(14)18-15(19)11(3)17/h5-6,9-11H,4,7-8H2,1-3H3. The minimum Gasteiger partial charge on any atom is -0.324 e. The van der Waals surface area contributed by atoms with Crippen molar-refractivity contribution in [2.24, 2.45) is 0 Å². The molecule has 0 saturated heterocycles. The highest BCUT2D eigenvalue weighted by Gasteiger charge is 2.19. The van der Waals surface area contributed by atoms with Gasteiger partial charge >= 0.3 is 0 Å². The second-order valence-corrected chi connectivity index (χ2v) is 7.89. The summed E-state index contributed by atoms with van der Waals surface area (Å²) in [6.45, 7) is 6.44. The van der Waals surface area contributed by atoms with Gasteiger partial charge in [-0.2, -0.15) is 11.8 Å². The first-order valence-electron chi connectivity index (χ1n) is 6.93. The van der Waals surface area contributed by atoms with E-state index in [4.69, 9.17) is 16.6 Å². The van der Waals surface area contributed by atoms with E-state index >= 15 is 0 Å². The van der Waals surface area contributed by atoms with Crippen molar-refractivity contribution in [3.8, 4) is 0 Å². The summed E-state index contributed by atoms with van der Waals surface area (Å²) in [5.74, 6) is 3.31. The average Bonchev–Trinajstić information content (AvgIpc) is 2.77. The molecule has 0 amide bonds. The summed E-state index contributed by atoms with van der Waals surface area (Å²) < 4.78 is 3.35. The molecule has 0 bridgehead atoms. The van der Waals surface area contributed by atoms with Crippen molar-refractivity contribution < 1.29 is 0 Å². The molecule has 0 N–H and O–H groups in total. The monoisotopic (exact) mass is 374 g/mol. The van der Waals surface area contributed by atoms with E-state index in [1.165, 1.54) is 17.0 Å². The summed E-state index contributed by atoms with van der Waals surface area (Å²) in [4.78, 5) is 4.72. The van der Waals surface area contributed by atoms with Gasteiger partial charge in [0.2, 0.25) is 0 Å². The number of alkyl halides is 1. The smallest absolute Gasteiger partial charge is 0.127 e. The highest BCUT2D eigenvalue weighted by Crippen LogP contribution is 2.31. The average molecular weight is 376 g/mol. The summed E-state index contributed by atoms with van der Waals surface area (Å²) in [6, 6.07) is 6.66. The number of imidazole rings is 1. The first-order chi connectivity index (χ1) is 9.54. The summed E-state index contributed by atoms with van der Waals surface area (Å²) >= 11 is 11.8. The third-order valence-electron chi connectivity index (χ3n) is 3.36. The topological polar surface area (TPSA) is 17.8 Å². The van der Waals surface area contributed by atoms with E-state index < -0.39 is 0 Å². The number of benzene rings is 1. The quantitative estimate of drug-likeness (QED) is 0.469. The van der Waals surface area contributed by atoms with Crippen molar-refractivity contribution >= 4 is 50.3 Å². The van der Waals surface area contributed by atoms with Gasteiger partial charge < -0.3 is 4.57 Å². The molecular formula is C15H20BrClN2S. The van der Waals surface area contributed by atoms with Crippen LogP contribution in [0.4, 0.5) is 0 Å². The van der Waals surface area contributed by atoms with Gasteiger partial charge in [-0.1, -0.05) is 22.9 Å². The lowest BCUT2D eigenvalue weighted by Crippen LogP contribution is -2.11. The molecule has 2 nitrogen and oxygen atoms in total. The third kappa shape index (κ3) is 3.52. The summed E-state index contributed by atoms with van der Waals surface area (Å²) in [6.07, 6.45) is 1.14. The van der Waals surface area contributed by atoms with Gasteiger partial charge in [-0.25, -0.2) is 4.98 Å². The van der Waals surface area contributed by atoms with Crippen LogP contribution in [-0.2, 0) is 0 Å². The van der Waals surface area contributed by atoms with Gasteiger partial charge in [0, 0.05) is 10.5 Å². The summed E-state index contributed by atoms with van der Waals surface area (Å²) in [5.41, 5.74) is 2.18. The molecule has 0 fully saturated rings. The number of aromatic nitrogens is 2. The number of fused-ring (bicyclic) bond motifs is 1. The molecule has 2 rings (SSSR count). The van der Waals surface area contributed by atoms with E-state index in [1.54, 1.807) is 0 Å². The van der Waals surface area contributed by atoms with Crippen molar-refractivity contribution in [3.63, 3.8) is 0 Å². The van der Waals surface area contributed by atoms with E-state index in [1.807, 2.05) is 18.7 Å². The van der Waals surface area contributed by atoms with Gasteiger partial charge in [0.1, 0.15) is 5.82 Å². The molecule has 0 aliphatic carbocycles. The van der Waals surface area contributed by atoms with E-state index in [0.717, 1.165) is 22.2 Å². The fraction of sp³-hybridized carbons (Fsp3) is 0.533. The molecule has 5 heteroatoms. The van der Waals surface area contributed by atoms with Crippen molar-refractivity contribution in [1.82, 2.24) is 9.55 Å². The molecule has 2 atom stereocenters. The van der Waals surface area contributed by atoms with Crippen LogP contribution >= 0.6 is 39.3 Å². The van der Waals surface area contributed by atoms with Gasteiger partial charge in [-0.05, 0) is 50.0 Å². The van der Waals surface area contributed by atoms with E-state index in [2.05, 4.69) is 52.5 Å². The highest BCUT2D eigenvalue weighted by molar-refractivity contribution is 9.10.